The zero-order chi connectivity index (χ0) is 13.4. The van der Waals surface area contributed by atoms with Crippen molar-refractivity contribution < 1.29 is 4.74 Å². The molecule has 1 aromatic carbocycles. The number of pyridine rings is 1. The molecule has 4 nitrogen and oxygen atoms in total. The third-order valence-electron chi connectivity index (χ3n) is 3.14. The topological polar surface area (TPSA) is 39.4 Å². The summed E-state index contributed by atoms with van der Waals surface area (Å²) in [4.78, 5) is 0. The number of hydrogen-bond donors (Lipinski definition) is 0. The van der Waals surface area contributed by atoms with Crippen molar-refractivity contribution in [1.29, 1.82) is 0 Å². The number of nitrogens with zero attached hydrogens (tertiary/aromatic N) is 3. The molecule has 0 atom stereocenters. The zero-order valence-electron chi connectivity index (χ0n) is 11.2. The van der Waals surface area contributed by atoms with Gasteiger partial charge in [0.1, 0.15) is 5.75 Å². The lowest BCUT2D eigenvalue weighted by Crippen LogP contribution is -1.96. The van der Waals surface area contributed by atoms with Crippen LogP contribution in [-0.4, -0.2) is 27.5 Å². The number of thioether (sulfide) groups is 1. The van der Waals surface area contributed by atoms with E-state index in [0.717, 1.165) is 27.8 Å². The Kier molecular flexibility index (Phi) is 3.06. The molecule has 0 aliphatic heterocycles. The van der Waals surface area contributed by atoms with E-state index in [1.54, 1.807) is 18.9 Å². The first-order valence-corrected chi connectivity index (χ1v) is 7.19. The number of fused-ring (bicyclic) bond motifs is 3. The lowest BCUT2D eigenvalue weighted by Gasteiger charge is -2.10. The number of para-hydroxylation sites is 1. The van der Waals surface area contributed by atoms with Crippen LogP contribution in [0.1, 0.15) is 12.5 Å². The smallest absolute Gasteiger partial charge is 0.196 e. The minimum absolute atomic E-state index is 0.851. The minimum atomic E-state index is 0.851. The van der Waals surface area contributed by atoms with Crippen LogP contribution in [0.25, 0.3) is 16.6 Å². The summed E-state index contributed by atoms with van der Waals surface area (Å²) in [5.41, 5.74) is 3.09. The molecule has 19 heavy (non-hydrogen) atoms. The molecular formula is C14H15N3OS. The van der Waals surface area contributed by atoms with Crippen LogP contribution < -0.4 is 4.74 Å². The van der Waals surface area contributed by atoms with Gasteiger partial charge in [-0.3, -0.25) is 4.40 Å². The number of hydrogen-bond acceptors (Lipinski definition) is 4. The minimum Gasteiger partial charge on any atom is -0.495 e. The number of methoxy groups -OCH3 is 1. The molecular weight excluding hydrogens is 258 g/mol. The Labute approximate surface area is 115 Å². The van der Waals surface area contributed by atoms with E-state index in [1.807, 2.05) is 12.1 Å². The zero-order valence-corrected chi connectivity index (χ0v) is 12.0. The summed E-state index contributed by atoms with van der Waals surface area (Å²) >= 11 is 1.69. The van der Waals surface area contributed by atoms with E-state index < -0.39 is 0 Å². The van der Waals surface area contributed by atoms with Crippen LogP contribution in [0.3, 0.4) is 0 Å². The van der Waals surface area contributed by atoms with Gasteiger partial charge in [-0.05, 0) is 30.4 Å². The quantitative estimate of drug-likeness (QED) is 0.686. The fourth-order valence-corrected chi connectivity index (χ4v) is 2.99. The predicted molar refractivity (Wildman–Crippen MR) is 78.2 cm³/mol. The highest BCUT2D eigenvalue weighted by molar-refractivity contribution is 7.99. The summed E-state index contributed by atoms with van der Waals surface area (Å²) in [7, 11) is 1.69. The number of ether oxygens (including phenoxy) is 1. The number of rotatable bonds is 3. The van der Waals surface area contributed by atoms with E-state index in [0.29, 0.717) is 0 Å². The van der Waals surface area contributed by atoms with Crippen LogP contribution in [-0.2, 0) is 0 Å². The molecule has 0 N–H and O–H groups in total. The van der Waals surface area contributed by atoms with Crippen LogP contribution in [0, 0.1) is 6.92 Å². The van der Waals surface area contributed by atoms with Gasteiger partial charge in [0, 0.05) is 5.39 Å². The lowest BCUT2D eigenvalue weighted by atomic mass is 10.1. The Morgan fingerprint density at radius 2 is 2.16 bits per heavy atom. The standard InChI is InChI=1S/C14H15N3OS/c1-4-19-14-16-15-12-8-9(2)10-6-5-7-11(18-3)13(10)17(12)14/h5-8H,4H2,1-3H3. The Bertz CT molecular complexity index is 751. The average molecular weight is 273 g/mol. The fraction of sp³-hybridized carbons (Fsp3) is 0.286. The van der Waals surface area contributed by atoms with Crippen molar-refractivity contribution >= 4 is 28.3 Å². The van der Waals surface area contributed by atoms with Crippen molar-refractivity contribution in [2.75, 3.05) is 12.9 Å². The van der Waals surface area contributed by atoms with Crippen LogP contribution in [0.4, 0.5) is 0 Å². The molecule has 0 saturated carbocycles. The van der Waals surface area contributed by atoms with E-state index in [-0.39, 0.29) is 0 Å². The average Bonchev–Trinajstić information content (AvgIpc) is 2.81. The Balaban J connectivity index is 2.50. The summed E-state index contributed by atoms with van der Waals surface area (Å²) in [5, 5.41) is 10.6. The highest BCUT2D eigenvalue weighted by Crippen LogP contribution is 2.31. The number of aromatic nitrogens is 3. The third kappa shape index (κ3) is 1.85. The first-order chi connectivity index (χ1) is 9.26. The molecule has 0 unspecified atom stereocenters. The van der Waals surface area contributed by atoms with Gasteiger partial charge in [0.25, 0.3) is 0 Å². The monoisotopic (exact) mass is 273 g/mol. The van der Waals surface area contributed by atoms with Crippen LogP contribution in [0.5, 0.6) is 5.75 Å². The molecule has 0 saturated heterocycles. The fourth-order valence-electron chi connectivity index (χ4n) is 2.31. The molecule has 0 aliphatic rings. The number of benzene rings is 1. The van der Waals surface area contributed by atoms with Crippen LogP contribution in [0.15, 0.2) is 29.4 Å². The van der Waals surface area contributed by atoms with Gasteiger partial charge in [0.2, 0.25) is 0 Å². The summed E-state index contributed by atoms with van der Waals surface area (Å²) < 4.78 is 7.59. The first kappa shape index (κ1) is 12.3. The maximum Gasteiger partial charge on any atom is 0.196 e. The third-order valence-corrected chi connectivity index (χ3v) is 3.96. The summed E-state index contributed by atoms with van der Waals surface area (Å²) in [6.45, 7) is 4.20. The molecule has 0 radical (unpaired) electrons. The highest BCUT2D eigenvalue weighted by Gasteiger charge is 2.14. The maximum absolute atomic E-state index is 5.51. The molecule has 0 fully saturated rings. The molecule has 3 rings (SSSR count). The van der Waals surface area contributed by atoms with E-state index in [2.05, 4.69) is 40.6 Å². The van der Waals surface area contributed by atoms with Crippen molar-refractivity contribution in [2.45, 2.75) is 19.0 Å². The van der Waals surface area contributed by atoms with Gasteiger partial charge in [-0.15, -0.1) is 10.2 Å². The normalized spacial score (nSPS) is 11.3. The SMILES string of the molecule is CCSc1nnc2cc(C)c3cccc(OC)c3n12. The van der Waals surface area contributed by atoms with Crippen molar-refractivity contribution in [3.8, 4) is 5.75 Å². The maximum atomic E-state index is 5.51. The van der Waals surface area contributed by atoms with Crippen molar-refractivity contribution in [3.05, 3.63) is 29.8 Å². The van der Waals surface area contributed by atoms with Gasteiger partial charge in [0.15, 0.2) is 10.8 Å². The van der Waals surface area contributed by atoms with Crippen LogP contribution in [0.2, 0.25) is 0 Å². The van der Waals surface area contributed by atoms with E-state index in [9.17, 15) is 0 Å². The van der Waals surface area contributed by atoms with Gasteiger partial charge < -0.3 is 4.74 Å². The summed E-state index contributed by atoms with van der Waals surface area (Å²) in [6.07, 6.45) is 0. The van der Waals surface area contributed by atoms with Gasteiger partial charge >= 0.3 is 0 Å². The van der Waals surface area contributed by atoms with Crippen molar-refractivity contribution in [3.63, 3.8) is 0 Å². The molecule has 0 aliphatic carbocycles. The lowest BCUT2D eigenvalue weighted by molar-refractivity contribution is 0.418. The number of aryl methyl sites for hydroxylation is 1. The largest absolute Gasteiger partial charge is 0.495 e. The summed E-state index contributed by atoms with van der Waals surface area (Å²) in [5.74, 6) is 1.81. The second kappa shape index (κ2) is 4.74. The molecule has 5 heteroatoms. The Morgan fingerprint density at radius 1 is 1.32 bits per heavy atom. The van der Waals surface area contributed by atoms with Gasteiger partial charge in [-0.1, -0.05) is 30.8 Å². The Morgan fingerprint density at radius 3 is 2.89 bits per heavy atom. The molecule has 2 aromatic heterocycles. The van der Waals surface area contributed by atoms with E-state index >= 15 is 0 Å². The molecule has 2 heterocycles. The first-order valence-electron chi connectivity index (χ1n) is 6.20. The van der Waals surface area contributed by atoms with Gasteiger partial charge in [0.05, 0.1) is 12.6 Å². The van der Waals surface area contributed by atoms with Gasteiger partial charge in [-0.2, -0.15) is 0 Å². The van der Waals surface area contributed by atoms with E-state index in [1.165, 1.54) is 10.9 Å². The van der Waals surface area contributed by atoms with Crippen molar-refractivity contribution in [2.24, 2.45) is 0 Å². The Hall–Kier alpha value is -1.75. The van der Waals surface area contributed by atoms with Crippen LogP contribution >= 0.6 is 11.8 Å². The van der Waals surface area contributed by atoms with Gasteiger partial charge in [-0.25, -0.2) is 0 Å². The molecule has 0 spiro atoms. The van der Waals surface area contributed by atoms with Crippen molar-refractivity contribution in [1.82, 2.24) is 14.6 Å². The summed E-state index contributed by atoms with van der Waals surface area (Å²) in [6, 6.07) is 8.15. The molecule has 3 aromatic rings. The second-order valence-electron chi connectivity index (χ2n) is 4.29. The molecule has 0 amide bonds. The second-order valence-corrected chi connectivity index (χ2v) is 5.52. The molecule has 98 valence electrons. The predicted octanol–water partition coefficient (Wildman–Crippen LogP) is 3.31. The molecule has 0 bridgehead atoms. The van der Waals surface area contributed by atoms with E-state index in [4.69, 9.17) is 4.74 Å². The highest BCUT2D eigenvalue weighted by atomic mass is 32.2.